The molecule has 0 aliphatic heterocycles. The predicted molar refractivity (Wildman–Crippen MR) is 61.6 cm³/mol. The lowest BCUT2D eigenvalue weighted by atomic mass is 10.0. The van der Waals surface area contributed by atoms with Crippen molar-refractivity contribution in [2.75, 3.05) is 26.9 Å². The maximum atomic E-state index is 11.1. The molecular formula is C11H23NO4. The highest BCUT2D eigenvalue weighted by Crippen LogP contribution is 2.07. The van der Waals surface area contributed by atoms with Crippen LogP contribution in [-0.4, -0.2) is 49.6 Å². The second-order valence-electron chi connectivity index (χ2n) is 4.34. The molecule has 0 aromatic heterocycles. The summed E-state index contributed by atoms with van der Waals surface area (Å²) in [7, 11) is 1.63. The molecule has 0 spiro atoms. The largest absolute Gasteiger partial charge is 0.480 e. The minimum Gasteiger partial charge on any atom is -0.480 e. The van der Waals surface area contributed by atoms with Gasteiger partial charge >= 0.3 is 5.97 Å². The molecular weight excluding hydrogens is 210 g/mol. The van der Waals surface area contributed by atoms with Gasteiger partial charge in [0.15, 0.2) is 0 Å². The van der Waals surface area contributed by atoms with E-state index in [1.807, 2.05) is 13.8 Å². The molecule has 0 bridgehead atoms. The summed E-state index contributed by atoms with van der Waals surface area (Å²) >= 11 is 0. The van der Waals surface area contributed by atoms with Gasteiger partial charge in [0.05, 0.1) is 6.61 Å². The summed E-state index contributed by atoms with van der Waals surface area (Å²) in [5.74, 6) is -0.895. The lowest BCUT2D eigenvalue weighted by molar-refractivity contribution is -0.147. The van der Waals surface area contributed by atoms with E-state index in [4.69, 9.17) is 14.6 Å². The molecule has 0 rings (SSSR count). The van der Waals surface area contributed by atoms with Gasteiger partial charge in [-0.1, -0.05) is 0 Å². The molecule has 2 N–H and O–H groups in total. The highest BCUT2D eigenvalue weighted by atomic mass is 16.5. The van der Waals surface area contributed by atoms with Crippen LogP contribution in [0.15, 0.2) is 0 Å². The van der Waals surface area contributed by atoms with Crippen molar-refractivity contribution >= 4 is 5.97 Å². The smallest absolute Gasteiger partial charge is 0.326 e. The molecule has 16 heavy (non-hydrogen) atoms. The Balaban J connectivity index is 3.98. The van der Waals surface area contributed by atoms with Crippen molar-refractivity contribution in [1.82, 2.24) is 5.32 Å². The third-order valence-corrected chi connectivity index (χ3v) is 2.11. The van der Waals surface area contributed by atoms with E-state index in [2.05, 4.69) is 5.32 Å². The number of nitrogens with one attached hydrogen (secondary N) is 1. The van der Waals surface area contributed by atoms with E-state index in [-0.39, 0.29) is 12.6 Å². The van der Waals surface area contributed by atoms with Gasteiger partial charge in [-0.2, -0.15) is 0 Å². The molecule has 0 saturated heterocycles. The molecule has 0 aliphatic carbocycles. The second kappa shape index (κ2) is 7.60. The van der Waals surface area contributed by atoms with E-state index >= 15 is 0 Å². The first-order chi connectivity index (χ1) is 7.42. The van der Waals surface area contributed by atoms with Crippen LogP contribution in [0.4, 0.5) is 0 Å². The molecule has 5 nitrogen and oxygen atoms in total. The predicted octanol–water partition coefficient (Wildman–Crippen LogP) is 0.881. The van der Waals surface area contributed by atoms with Crippen molar-refractivity contribution in [2.45, 2.75) is 38.8 Å². The van der Waals surface area contributed by atoms with E-state index < -0.39 is 11.5 Å². The number of methoxy groups -OCH3 is 1. The topological polar surface area (TPSA) is 67.8 Å². The Hall–Kier alpha value is -0.650. The van der Waals surface area contributed by atoms with Gasteiger partial charge in [0.1, 0.15) is 5.54 Å². The van der Waals surface area contributed by atoms with Crippen LogP contribution in [0.3, 0.4) is 0 Å². The average Bonchev–Trinajstić information content (AvgIpc) is 2.16. The number of carbonyl (C=O) groups is 1. The third kappa shape index (κ3) is 6.05. The molecule has 0 amide bonds. The molecule has 0 aliphatic rings. The van der Waals surface area contributed by atoms with Gasteiger partial charge in [-0.3, -0.25) is 10.1 Å². The number of aliphatic carboxylic acids is 1. The van der Waals surface area contributed by atoms with Gasteiger partial charge in [-0.25, -0.2) is 0 Å². The Labute approximate surface area is 97.1 Å². The number of carboxylic acid groups (broad SMARTS) is 1. The van der Waals surface area contributed by atoms with E-state index in [1.165, 1.54) is 0 Å². The molecule has 0 heterocycles. The fourth-order valence-electron chi connectivity index (χ4n) is 1.38. The second-order valence-corrected chi connectivity index (χ2v) is 4.34. The molecule has 96 valence electrons. The van der Waals surface area contributed by atoms with Gasteiger partial charge in [-0.15, -0.1) is 0 Å². The molecule has 0 fully saturated rings. The minimum atomic E-state index is -1.03. The van der Waals surface area contributed by atoms with E-state index in [1.54, 1.807) is 14.0 Å². The summed E-state index contributed by atoms with van der Waals surface area (Å²) in [6, 6.07) is 0.101. The number of hydrogen-bond acceptors (Lipinski definition) is 4. The Morgan fingerprint density at radius 1 is 1.44 bits per heavy atom. The normalized spacial score (nSPS) is 15.1. The molecule has 5 heteroatoms. The SMILES string of the molecule is COCCCOCC(C)(NC(C)C)C(=O)O. The van der Waals surface area contributed by atoms with Crippen molar-refractivity contribution in [3.05, 3.63) is 0 Å². The van der Waals surface area contributed by atoms with Gasteiger partial charge in [0, 0.05) is 26.4 Å². The van der Waals surface area contributed by atoms with Gasteiger partial charge in [0.2, 0.25) is 0 Å². The van der Waals surface area contributed by atoms with Crippen molar-refractivity contribution in [3.63, 3.8) is 0 Å². The summed E-state index contributed by atoms with van der Waals surface area (Å²) in [6.07, 6.45) is 0.772. The average molecular weight is 233 g/mol. The zero-order valence-electron chi connectivity index (χ0n) is 10.6. The molecule has 0 saturated carbocycles. The van der Waals surface area contributed by atoms with E-state index in [0.717, 1.165) is 6.42 Å². The molecule has 1 unspecified atom stereocenters. The van der Waals surface area contributed by atoms with Crippen molar-refractivity contribution < 1.29 is 19.4 Å². The van der Waals surface area contributed by atoms with Crippen LogP contribution in [-0.2, 0) is 14.3 Å². The van der Waals surface area contributed by atoms with E-state index in [0.29, 0.717) is 13.2 Å². The van der Waals surface area contributed by atoms with E-state index in [9.17, 15) is 4.79 Å². The highest BCUT2D eigenvalue weighted by Gasteiger charge is 2.33. The summed E-state index contributed by atoms with van der Waals surface area (Å²) in [5.41, 5.74) is -1.03. The lowest BCUT2D eigenvalue weighted by Gasteiger charge is -2.28. The maximum absolute atomic E-state index is 11.1. The van der Waals surface area contributed by atoms with Crippen molar-refractivity contribution in [1.29, 1.82) is 0 Å². The highest BCUT2D eigenvalue weighted by molar-refractivity contribution is 5.78. The van der Waals surface area contributed by atoms with Crippen LogP contribution in [0.25, 0.3) is 0 Å². The van der Waals surface area contributed by atoms with Gasteiger partial charge < -0.3 is 14.6 Å². The minimum absolute atomic E-state index is 0.101. The summed E-state index contributed by atoms with van der Waals surface area (Å²) in [4.78, 5) is 11.1. The van der Waals surface area contributed by atoms with Crippen LogP contribution < -0.4 is 5.32 Å². The fraction of sp³-hybridized carbons (Fsp3) is 0.909. The van der Waals surface area contributed by atoms with Crippen LogP contribution in [0, 0.1) is 0 Å². The standard InChI is InChI=1S/C11H23NO4/c1-9(2)12-11(3,10(13)14)8-16-7-5-6-15-4/h9,12H,5-8H2,1-4H3,(H,13,14). The van der Waals surface area contributed by atoms with Crippen LogP contribution >= 0.6 is 0 Å². The zero-order chi connectivity index (χ0) is 12.6. The Kier molecular flexibility index (Phi) is 7.29. The Morgan fingerprint density at radius 3 is 2.50 bits per heavy atom. The van der Waals surface area contributed by atoms with Crippen LogP contribution in [0.5, 0.6) is 0 Å². The van der Waals surface area contributed by atoms with Gasteiger partial charge in [-0.05, 0) is 27.2 Å². The van der Waals surface area contributed by atoms with Crippen LogP contribution in [0.1, 0.15) is 27.2 Å². The monoisotopic (exact) mass is 233 g/mol. The summed E-state index contributed by atoms with van der Waals surface area (Å²) in [5, 5.41) is 12.1. The van der Waals surface area contributed by atoms with Crippen LogP contribution in [0.2, 0.25) is 0 Å². The number of rotatable bonds is 9. The molecule has 0 radical (unpaired) electrons. The van der Waals surface area contributed by atoms with Crippen molar-refractivity contribution in [2.24, 2.45) is 0 Å². The first kappa shape index (κ1) is 15.3. The maximum Gasteiger partial charge on any atom is 0.326 e. The van der Waals surface area contributed by atoms with Gasteiger partial charge in [0.25, 0.3) is 0 Å². The molecule has 0 aromatic carbocycles. The van der Waals surface area contributed by atoms with Crippen molar-refractivity contribution in [3.8, 4) is 0 Å². The first-order valence-electron chi connectivity index (χ1n) is 5.50. The first-order valence-corrected chi connectivity index (χ1v) is 5.50. The summed E-state index contributed by atoms with van der Waals surface area (Å²) in [6.45, 7) is 6.74. The Morgan fingerprint density at radius 2 is 2.06 bits per heavy atom. The number of carboxylic acids is 1. The molecule has 0 aromatic rings. The Bertz CT molecular complexity index is 208. The quantitative estimate of drug-likeness (QED) is 0.579. The fourth-order valence-corrected chi connectivity index (χ4v) is 1.38. The molecule has 1 atom stereocenters. The summed E-state index contributed by atoms with van der Waals surface area (Å²) < 4.78 is 10.2. The zero-order valence-corrected chi connectivity index (χ0v) is 10.6. The third-order valence-electron chi connectivity index (χ3n) is 2.11. The number of hydrogen-bond donors (Lipinski definition) is 2. The number of ether oxygens (including phenoxy) is 2. The lowest BCUT2D eigenvalue weighted by Crippen LogP contribution is -2.55.